The van der Waals surface area contributed by atoms with Crippen LogP contribution in [0.2, 0.25) is 0 Å². The Morgan fingerprint density at radius 1 is 1.27 bits per heavy atom. The molecule has 3 atom stereocenters. The number of nitriles is 1. The van der Waals surface area contributed by atoms with Crippen LogP contribution in [0.15, 0.2) is 28.9 Å². The number of nitrogens with zero attached hydrogens (tertiary/aromatic N) is 2. The molecule has 3 unspecified atom stereocenters. The molecule has 2 aromatic rings. The number of rotatable bonds is 12. The summed E-state index contributed by atoms with van der Waals surface area (Å²) in [5, 5.41) is 31.9. The Balaban J connectivity index is 2.21. The average Bonchev–Trinajstić information content (AvgIpc) is 3.20. The molecule has 1 aromatic carbocycles. The largest absolute Gasteiger partial charge is 0.431 e. The van der Waals surface area contributed by atoms with E-state index in [-0.39, 0.29) is 42.7 Å². The van der Waals surface area contributed by atoms with Gasteiger partial charge in [-0.25, -0.2) is 21.9 Å². The van der Waals surface area contributed by atoms with Gasteiger partial charge < -0.3 is 19.9 Å². The van der Waals surface area contributed by atoms with Crippen LogP contribution in [0.5, 0.6) is 0 Å². The van der Waals surface area contributed by atoms with Crippen LogP contribution < -0.4 is 10.0 Å². The zero-order chi connectivity index (χ0) is 24.6. The summed E-state index contributed by atoms with van der Waals surface area (Å²) in [5.74, 6) is -2.85. The molecule has 0 aliphatic carbocycles. The van der Waals surface area contributed by atoms with Crippen LogP contribution in [0, 0.1) is 23.0 Å². The minimum Gasteiger partial charge on any atom is -0.431 e. The van der Waals surface area contributed by atoms with Crippen molar-refractivity contribution in [1.29, 1.82) is 5.26 Å². The number of hydrogen-bond donors (Lipinski definition) is 4. The van der Waals surface area contributed by atoms with Gasteiger partial charge in [-0.05, 0) is 43.9 Å². The monoisotopic (exact) mass is 486 g/mol. The summed E-state index contributed by atoms with van der Waals surface area (Å²) >= 11 is 0. The number of hydrogen-bond acceptors (Lipinski definition) is 8. The second-order valence-electron chi connectivity index (χ2n) is 7.21. The Bertz CT molecular complexity index is 1080. The predicted molar refractivity (Wildman–Crippen MR) is 112 cm³/mol. The first-order valence-corrected chi connectivity index (χ1v) is 11.6. The SMILES string of the molecule is CCS(=O)(=O)Nc1nc(C(=O)NC(Cc2cc(F)cc(F)c2)C(O)C(O)CCCC#N)co1. The lowest BCUT2D eigenvalue weighted by Crippen LogP contribution is -2.50. The van der Waals surface area contributed by atoms with E-state index >= 15 is 0 Å². The number of carbonyl (C=O) groups excluding carboxylic acids is 1. The van der Waals surface area contributed by atoms with Crippen LogP contribution in [0.25, 0.3) is 0 Å². The van der Waals surface area contributed by atoms with E-state index in [0.29, 0.717) is 6.07 Å². The fourth-order valence-corrected chi connectivity index (χ4v) is 3.45. The number of anilines is 1. The molecule has 180 valence electrons. The summed E-state index contributed by atoms with van der Waals surface area (Å²) < 4.78 is 57.3. The molecular formula is C20H24F2N4O6S. The maximum atomic E-state index is 13.6. The van der Waals surface area contributed by atoms with Crippen molar-refractivity contribution < 1.29 is 36.6 Å². The van der Waals surface area contributed by atoms with Crippen LogP contribution in [0.4, 0.5) is 14.8 Å². The van der Waals surface area contributed by atoms with Gasteiger partial charge in [0.25, 0.3) is 5.91 Å². The van der Waals surface area contributed by atoms with Crippen molar-refractivity contribution in [2.24, 2.45) is 0 Å². The summed E-state index contributed by atoms with van der Waals surface area (Å²) in [6, 6.07) is 2.96. The first-order valence-electron chi connectivity index (χ1n) is 9.99. The molecule has 13 heteroatoms. The van der Waals surface area contributed by atoms with Gasteiger partial charge in [-0.3, -0.25) is 4.79 Å². The highest BCUT2D eigenvalue weighted by atomic mass is 32.2. The Morgan fingerprint density at radius 2 is 1.94 bits per heavy atom. The second-order valence-corrected chi connectivity index (χ2v) is 9.22. The van der Waals surface area contributed by atoms with Crippen LogP contribution in [0.3, 0.4) is 0 Å². The maximum absolute atomic E-state index is 13.6. The van der Waals surface area contributed by atoms with E-state index in [1.807, 2.05) is 10.8 Å². The molecule has 0 spiro atoms. The molecule has 2 rings (SSSR count). The predicted octanol–water partition coefficient (Wildman–Crippen LogP) is 1.47. The van der Waals surface area contributed by atoms with E-state index in [4.69, 9.17) is 9.68 Å². The third-order valence-electron chi connectivity index (χ3n) is 4.65. The van der Waals surface area contributed by atoms with Gasteiger partial charge in [-0.2, -0.15) is 10.2 Å². The van der Waals surface area contributed by atoms with Gasteiger partial charge in [0.2, 0.25) is 10.0 Å². The number of benzene rings is 1. The summed E-state index contributed by atoms with van der Waals surface area (Å²) in [6.45, 7) is 1.39. The molecule has 33 heavy (non-hydrogen) atoms. The minimum absolute atomic E-state index is 0.0471. The van der Waals surface area contributed by atoms with Crippen molar-refractivity contribution in [2.45, 2.75) is 50.9 Å². The maximum Gasteiger partial charge on any atom is 0.309 e. The number of amides is 1. The quantitative estimate of drug-likeness (QED) is 0.327. The topological polar surface area (TPSA) is 166 Å². The second kappa shape index (κ2) is 11.7. The molecule has 0 bridgehead atoms. The number of aromatic nitrogens is 1. The molecule has 1 amide bonds. The minimum atomic E-state index is -3.70. The van der Waals surface area contributed by atoms with Crippen molar-refractivity contribution in [3.8, 4) is 6.07 Å². The Hall–Kier alpha value is -3.08. The van der Waals surface area contributed by atoms with Crippen molar-refractivity contribution >= 4 is 21.9 Å². The average molecular weight is 486 g/mol. The molecule has 0 radical (unpaired) electrons. The molecule has 1 heterocycles. The molecular weight excluding hydrogens is 462 g/mol. The fraction of sp³-hybridized carbons (Fsp3) is 0.450. The molecule has 0 aliphatic heterocycles. The molecule has 0 saturated heterocycles. The summed E-state index contributed by atoms with van der Waals surface area (Å²) in [6.07, 6.45) is -1.78. The van der Waals surface area contributed by atoms with E-state index < -0.39 is 51.8 Å². The lowest BCUT2D eigenvalue weighted by atomic mass is 9.95. The van der Waals surface area contributed by atoms with Crippen LogP contribution >= 0.6 is 0 Å². The highest BCUT2D eigenvalue weighted by molar-refractivity contribution is 7.92. The van der Waals surface area contributed by atoms with Gasteiger partial charge in [0.1, 0.15) is 24.0 Å². The van der Waals surface area contributed by atoms with E-state index in [1.165, 1.54) is 6.92 Å². The van der Waals surface area contributed by atoms with Gasteiger partial charge in [-0.15, -0.1) is 0 Å². The first kappa shape index (κ1) is 26.2. The standard InChI is InChI=1S/C20H24F2N4O6S/c1-2-33(30,31)26-20-25-16(11-32-20)19(29)24-15(18(28)17(27)5-3-4-6-23)9-12-7-13(21)10-14(22)8-12/h7-8,10-11,15,17-18,27-28H,2-5,9H2,1H3,(H,24,29)(H,25,26). The number of oxazole rings is 1. The molecule has 1 aromatic heterocycles. The number of unbranched alkanes of at least 4 members (excludes halogenated alkanes) is 1. The number of nitrogens with one attached hydrogen (secondary N) is 2. The van der Waals surface area contributed by atoms with Gasteiger partial charge >= 0.3 is 6.01 Å². The Morgan fingerprint density at radius 3 is 2.55 bits per heavy atom. The number of halogens is 2. The molecule has 0 aliphatic rings. The smallest absolute Gasteiger partial charge is 0.309 e. The van der Waals surface area contributed by atoms with Crippen molar-refractivity contribution in [3.63, 3.8) is 0 Å². The summed E-state index contributed by atoms with van der Waals surface area (Å²) in [7, 11) is -3.70. The van der Waals surface area contributed by atoms with E-state index in [1.54, 1.807) is 0 Å². The lowest BCUT2D eigenvalue weighted by molar-refractivity contribution is -0.00794. The van der Waals surface area contributed by atoms with Crippen molar-refractivity contribution in [3.05, 3.63) is 47.4 Å². The number of aliphatic hydroxyl groups excluding tert-OH is 2. The van der Waals surface area contributed by atoms with Crippen LogP contribution in [0.1, 0.15) is 42.2 Å². The van der Waals surface area contributed by atoms with Crippen LogP contribution in [-0.2, 0) is 16.4 Å². The first-order chi connectivity index (χ1) is 15.5. The number of carbonyl (C=O) groups is 1. The molecule has 0 fully saturated rings. The van der Waals surface area contributed by atoms with Gasteiger partial charge in [-0.1, -0.05) is 0 Å². The lowest BCUT2D eigenvalue weighted by Gasteiger charge is -2.27. The van der Waals surface area contributed by atoms with Gasteiger partial charge in [0, 0.05) is 12.5 Å². The molecule has 4 N–H and O–H groups in total. The Kier molecular flexibility index (Phi) is 9.27. The van der Waals surface area contributed by atoms with Crippen LogP contribution in [-0.4, -0.2) is 53.5 Å². The summed E-state index contributed by atoms with van der Waals surface area (Å²) in [5.41, 5.74) is -0.219. The molecule has 10 nitrogen and oxygen atoms in total. The molecule has 0 saturated carbocycles. The third-order valence-corrected chi connectivity index (χ3v) is 5.89. The van der Waals surface area contributed by atoms with Crippen molar-refractivity contribution in [1.82, 2.24) is 10.3 Å². The Labute approximate surface area is 189 Å². The van der Waals surface area contributed by atoms with Gasteiger partial charge in [0.15, 0.2) is 5.69 Å². The number of sulfonamides is 1. The van der Waals surface area contributed by atoms with E-state index in [2.05, 4.69) is 10.3 Å². The summed E-state index contributed by atoms with van der Waals surface area (Å²) in [4.78, 5) is 16.3. The van der Waals surface area contributed by atoms with Gasteiger partial charge in [0.05, 0.1) is 24.0 Å². The third kappa shape index (κ3) is 8.08. The number of aliphatic hydroxyl groups is 2. The van der Waals surface area contributed by atoms with Crippen molar-refractivity contribution in [2.75, 3.05) is 10.5 Å². The van der Waals surface area contributed by atoms with E-state index in [9.17, 15) is 32.2 Å². The highest BCUT2D eigenvalue weighted by Crippen LogP contribution is 2.17. The fourth-order valence-electron chi connectivity index (χ4n) is 2.94. The normalized spacial score (nSPS) is 14.2. The highest BCUT2D eigenvalue weighted by Gasteiger charge is 2.29. The van der Waals surface area contributed by atoms with E-state index in [0.717, 1.165) is 18.4 Å². The zero-order valence-corrected chi connectivity index (χ0v) is 18.5. The zero-order valence-electron chi connectivity index (χ0n) is 17.7.